The van der Waals surface area contributed by atoms with Crippen molar-refractivity contribution < 1.29 is 4.74 Å². The molecule has 1 heterocycles. The van der Waals surface area contributed by atoms with Crippen LogP contribution in [0.3, 0.4) is 0 Å². The molecule has 1 atom stereocenters. The summed E-state index contributed by atoms with van der Waals surface area (Å²) < 4.78 is 8.25. The molecule has 120 valence electrons. The standard InChI is InChI=1S/C19H28N2O/c1-2-3-4-8-15-22-19(16-21-14-13-20-17-21)12-11-18-9-6-5-7-10-18/h5-7,9-10,13-14,17,19H,2-4,8,11-12,15-16H2,1H3. The smallest absolute Gasteiger partial charge is 0.0946 e. The number of aromatic nitrogens is 2. The fraction of sp³-hybridized carbons (Fsp3) is 0.526. The fourth-order valence-electron chi connectivity index (χ4n) is 2.61. The Balaban J connectivity index is 1.78. The predicted molar refractivity (Wildman–Crippen MR) is 90.9 cm³/mol. The van der Waals surface area contributed by atoms with E-state index in [4.69, 9.17) is 4.74 Å². The number of rotatable bonds is 11. The van der Waals surface area contributed by atoms with Gasteiger partial charge in [-0.1, -0.05) is 56.5 Å². The van der Waals surface area contributed by atoms with E-state index in [2.05, 4.69) is 46.8 Å². The molecule has 1 aromatic heterocycles. The number of unbranched alkanes of at least 4 members (excludes halogenated alkanes) is 3. The molecule has 3 heteroatoms. The van der Waals surface area contributed by atoms with Crippen molar-refractivity contribution in [2.24, 2.45) is 0 Å². The van der Waals surface area contributed by atoms with Crippen molar-refractivity contribution in [1.82, 2.24) is 9.55 Å². The van der Waals surface area contributed by atoms with Crippen LogP contribution in [0, 0.1) is 0 Å². The molecule has 0 spiro atoms. The van der Waals surface area contributed by atoms with Crippen molar-refractivity contribution in [3.05, 3.63) is 54.6 Å². The number of aryl methyl sites for hydroxylation is 1. The summed E-state index contributed by atoms with van der Waals surface area (Å²) in [5, 5.41) is 0. The third-order valence-electron chi connectivity index (χ3n) is 3.92. The highest BCUT2D eigenvalue weighted by Crippen LogP contribution is 2.11. The fourth-order valence-corrected chi connectivity index (χ4v) is 2.61. The molecule has 0 aliphatic heterocycles. The van der Waals surface area contributed by atoms with E-state index in [0.29, 0.717) is 0 Å². The molecular formula is C19H28N2O. The topological polar surface area (TPSA) is 27.1 Å². The lowest BCUT2D eigenvalue weighted by Crippen LogP contribution is -2.21. The molecule has 0 saturated heterocycles. The number of imidazole rings is 1. The third kappa shape index (κ3) is 6.44. The lowest BCUT2D eigenvalue weighted by atomic mass is 10.1. The summed E-state index contributed by atoms with van der Waals surface area (Å²) in [4.78, 5) is 4.12. The Kier molecular flexibility index (Phi) is 7.75. The molecular weight excluding hydrogens is 272 g/mol. The second kappa shape index (κ2) is 10.2. The maximum absolute atomic E-state index is 6.14. The minimum atomic E-state index is 0.260. The van der Waals surface area contributed by atoms with Crippen LogP contribution >= 0.6 is 0 Å². The van der Waals surface area contributed by atoms with E-state index in [1.807, 2.05) is 18.7 Å². The van der Waals surface area contributed by atoms with E-state index in [0.717, 1.165) is 26.0 Å². The minimum Gasteiger partial charge on any atom is -0.376 e. The summed E-state index contributed by atoms with van der Waals surface area (Å²) in [5.41, 5.74) is 1.38. The zero-order chi connectivity index (χ0) is 15.5. The van der Waals surface area contributed by atoms with Crippen molar-refractivity contribution in [2.45, 2.75) is 58.1 Å². The van der Waals surface area contributed by atoms with Gasteiger partial charge in [-0.25, -0.2) is 4.98 Å². The van der Waals surface area contributed by atoms with Crippen LogP contribution in [0.5, 0.6) is 0 Å². The molecule has 2 aromatic rings. The van der Waals surface area contributed by atoms with E-state index in [9.17, 15) is 0 Å². The van der Waals surface area contributed by atoms with Gasteiger partial charge in [-0.3, -0.25) is 0 Å². The first-order chi connectivity index (χ1) is 10.9. The predicted octanol–water partition coefficient (Wildman–Crippen LogP) is 4.48. The van der Waals surface area contributed by atoms with Crippen LogP contribution in [0.25, 0.3) is 0 Å². The molecule has 0 fully saturated rings. The second-order valence-electron chi connectivity index (χ2n) is 5.84. The van der Waals surface area contributed by atoms with E-state index in [1.165, 1.54) is 31.2 Å². The van der Waals surface area contributed by atoms with Gasteiger partial charge in [0.1, 0.15) is 0 Å². The van der Waals surface area contributed by atoms with E-state index < -0.39 is 0 Å². The van der Waals surface area contributed by atoms with Crippen molar-refractivity contribution in [2.75, 3.05) is 6.61 Å². The molecule has 0 aliphatic carbocycles. The molecule has 0 amide bonds. The van der Waals surface area contributed by atoms with Crippen LogP contribution < -0.4 is 0 Å². The summed E-state index contributed by atoms with van der Waals surface area (Å²) in [6, 6.07) is 10.7. The number of nitrogens with zero attached hydrogens (tertiary/aromatic N) is 2. The van der Waals surface area contributed by atoms with Crippen molar-refractivity contribution in [1.29, 1.82) is 0 Å². The van der Waals surface area contributed by atoms with Gasteiger partial charge in [0.25, 0.3) is 0 Å². The van der Waals surface area contributed by atoms with Gasteiger partial charge >= 0.3 is 0 Å². The molecule has 1 unspecified atom stereocenters. The Morgan fingerprint density at radius 2 is 2.00 bits per heavy atom. The number of benzene rings is 1. The largest absolute Gasteiger partial charge is 0.376 e. The molecule has 0 N–H and O–H groups in total. The highest BCUT2D eigenvalue weighted by molar-refractivity contribution is 5.14. The van der Waals surface area contributed by atoms with E-state index in [-0.39, 0.29) is 6.10 Å². The molecule has 3 nitrogen and oxygen atoms in total. The van der Waals surface area contributed by atoms with Gasteiger partial charge in [-0.15, -0.1) is 0 Å². The first-order valence-corrected chi connectivity index (χ1v) is 8.49. The van der Waals surface area contributed by atoms with E-state index >= 15 is 0 Å². The lowest BCUT2D eigenvalue weighted by Gasteiger charge is -2.18. The molecule has 2 rings (SSSR count). The molecule has 0 aliphatic rings. The lowest BCUT2D eigenvalue weighted by molar-refractivity contribution is 0.0336. The monoisotopic (exact) mass is 300 g/mol. The van der Waals surface area contributed by atoms with Crippen LogP contribution in [-0.4, -0.2) is 22.3 Å². The second-order valence-corrected chi connectivity index (χ2v) is 5.84. The van der Waals surface area contributed by atoms with Crippen LogP contribution in [0.1, 0.15) is 44.6 Å². The van der Waals surface area contributed by atoms with Crippen molar-refractivity contribution in [3.63, 3.8) is 0 Å². The molecule has 0 bridgehead atoms. The summed E-state index contributed by atoms with van der Waals surface area (Å²) in [7, 11) is 0. The van der Waals surface area contributed by atoms with Gasteiger partial charge in [0.05, 0.1) is 12.4 Å². The summed E-state index contributed by atoms with van der Waals surface area (Å²) in [6.45, 7) is 4.00. The van der Waals surface area contributed by atoms with Gasteiger partial charge < -0.3 is 9.30 Å². The summed E-state index contributed by atoms with van der Waals surface area (Å²) >= 11 is 0. The van der Waals surface area contributed by atoms with Gasteiger partial charge in [0.15, 0.2) is 0 Å². The van der Waals surface area contributed by atoms with Crippen molar-refractivity contribution >= 4 is 0 Å². The minimum absolute atomic E-state index is 0.260. The Morgan fingerprint density at radius 1 is 1.14 bits per heavy atom. The number of hydrogen-bond donors (Lipinski definition) is 0. The maximum Gasteiger partial charge on any atom is 0.0946 e. The van der Waals surface area contributed by atoms with Crippen molar-refractivity contribution in [3.8, 4) is 0 Å². The molecule has 1 aromatic carbocycles. The van der Waals surface area contributed by atoms with Crippen LogP contribution in [0.4, 0.5) is 0 Å². The Hall–Kier alpha value is -1.61. The summed E-state index contributed by atoms with van der Waals surface area (Å²) in [6.07, 6.45) is 13.1. The Bertz CT molecular complexity index is 481. The molecule has 22 heavy (non-hydrogen) atoms. The SMILES string of the molecule is CCCCCCOC(CCc1ccccc1)Cn1ccnc1. The average molecular weight is 300 g/mol. The first-order valence-electron chi connectivity index (χ1n) is 8.49. The van der Waals surface area contributed by atoms with Gasteiger partial charge in [-0.2, -0.15) is 0 Å². The average Bonchev–Trinajstić information content (AvgIpc) is 3.06. The van der Waals surface area contributed by atoms with Crippen LogP contribution in [-0.2, 0) is 17.7 Å². The maximum atomic E-state index is 6.14. The highest BCUT2D eigenvalue weighted by Gasteiger charge is 2.10. The molecule has 0 radical (unpaired) electrons. The van der Waals surface area contributed by atoms with Gasteiger partial charge in [0.2, 0.25) is 0 Å². The number of ether oxygens (including phenoxy) is 1. The third-order valence-corrected chi connectivity index (χ3v) is 3.92. The molecule has 0 saturated carbocycles. The zero-order valence-corrected chi connectivity index (χ0v) is 13.7. The van der Waals surface area contributed by atoms with Crippen LogP contribution in [0.2, 0.25) is 0 Å². The Morgan fingerprint density at radius 3 is 2.73 bits per heavy atom. The zero-order valence-electron chi connectivity index (χ0n) is 13.7. The first kappa shape index (κ1) is 16.8. The van der Waals surface area contributed by atoms with Gasteiger partial charge in [0, 0.05) is 25.5 Å². The normalized spacial score (nSPS) is 12.4. The van der Waals surface area contributed by atoms with Gasteiger partial charge in [-0.05, 0) is 24.8 Å². The van der Waals surface area contributed by atoms with E-state index in [1.54, 1.807) is 0 Å². The highest BCUT2D eigenvalue weighted by atomic mass is 16.5. The number of hydrogen-bond acceptors (Lipinski definition) is 2. The summed E-state index contributed by atoms with van der Waals surface area (Å²) in [5.74, 6) is 0. The van der Waals surface area contributed by atoms with Crippen LogP contribution in [0.15, 0.2) is 49.1 Å². The Labute approximate surface area is 134 Å². The quantitative estimate of drug-likeness (QED) is 0.572.